The van der Waals surface area contributed by atoms with Crippen molar-refractivity contribution in [2.45, 2.75) is 47.5 Å². The van der Waals surface area contributed by atoms with Crippen molar-refractivity contribution in [1.29, 1.82) is 0 Å². The molecule has 0 bridgehead atoms. The van der Waals surface area contributed by atoms with Crippen LogP contribution in [0.15, 0.2) is 53.6 Å². The Labute approximate surface area is 177 Å². The Hall–Kier alpha value is -3.27. The van der Waals surface area contributed by atoms with Crippen LogP contribution in [-0.2, 0) is 12.8 Å². The van der Waals surface area contributed by atoms with E-state index in [0.29, 0.717) is 5.39 Å². The van der Waals surface area contributed by atoms with Gasteiger partial charge in [-0.25, -0.2) is 4.98 Å². The molecule has 4 rings (SSSR count). The number of pyridine rings is 3. The molecule has 152 valence electrons. The van der Waals surface area contributed by atoms with Crippen LogP contribution in [0, 0.1) is 20.8 Å². The van der Waals surface area contributed by atoms with Gasteiger partial charge < -0.3 is 0 Å². The summed E-state index contributed by atoms with van der Waals surface area (Å²) in [5.41, 5.74) is 9.06. The van der Waals surface area contributed by atoms with E-state index in [1.54, 1.807) is 10.8 Å². The first-order valence-electron chi connectivity index (χ1n) is 10.5. The second-order valence-corrected chi connectivity index (χ2v) is 7.80. The van der Waals surface area contributed by atoms with Crippen molar-refractivity contribution in [3.63, 3.8) is 0 Å². The molecule has 3 aromatic heterocycles. The van der Waals surface area contributed by atoms with Gasteiger partial charge in [-0.15, -0.1) is 0 Å². The van der Waals surface area contributed by atoms with Gasteiger partial charge in [-0.3, -0.25) is 14.3 Å². The van der Waals surface area contributed by atoms with Gasteiger partial charge in [0, 0.05) is 18.0 Å². The Kier molecular flexibility index (Phi) is 5.25. The van der Waals surface area contributed by atoms with E-state index >= 15 is 0 Å². The Morgan fingerprint density at radius 1 is 0.933 bits per heavy atom. The maximum absolute atomic E-state index is 13.4. The summed E-state index contributed by atoms with van der Waals surface area (Å²) in [5, 5.41) is 0.663. The predicted molar refractivity (Wildman–Crippen MR) is 124 cm³/mol. The summed E-state index contributed by atoms with van der Waals surface area (Å²) in [6, 6.07) is 12.4. The van der Waals surface area contributed by atoms with Crippen molar-refractivity contribution in [3.8, 4) is 16.9 Å². The SMILES string of the molecule is CCc1cccc(CC)c1-c1cc(C)c2c(=O)n(-c3c(C)ccnc3C)ccc2n1. The van der Waals surface area contributed by atoms with Crippen LogP contribution in [0.2, 0.25) is 0 Å². The highest BCUT2D eigenvalue weighted by Crippen LogP contribution is 2.30. The smallest absolute Gasteiger partial charge is 0.264 e. The van der Waals surface area contributed by atoms with Crippen LogP contribution in [0.3, 0.4) is 0 Å². The van der Waals surface area contributed by atoms with Gasteiger partial charge in [0.15, 0.2) is 0 Å². The summed E-state index contributed by atoms with van der Waals surface area (Å²) in [6.45, 7) is 10.3. The van der Waals surface area contributed by atoms with E-state index in [9.17, 15) is 4.79 Å². The molecular formula is C26H27N3O. The molecule has 30 heavy (non-hydrogen) atoms. The first-order valence-corrected chi connectivity index (χ1v) is 10.5. The quantitative estimate of drug-likeness (QED) is 0.457. The Morgan fingerprint density at radius 3 is 2.27 bits per heavy atom. The highest BCUT2D eigenvalue weighted by Gasteiger charge is 2.16. The molecule has 0 aliphatic heterocycles. The zero-order chi connectivity index (χ0) is 21.4. The van der Waals surface area contributed by atoms with Crippen molar-refractivity contribution in [2.75, 3.05) is 0 Å². The molecule has 0 fully saturated rings. The van der Waals surface area contributed by atoms with Gasteiger partial charge >= 0.3 is 0 Å². The van der Waals surface area contributed by atoms with Crippen molar-refractivity contribution in [3.05, 3.63) is 87.1 Å². The molecule has 4 aromatic rings. The van der Waals surface area contributed by atoms with E-state index in [4.69, 9.17) is 4.98 Å². The number of hydrogen-bond donors (Lipinski definition) is 0. The van der Waals surface area contributed by atoms with E-state index in [1.807, 2.05) is 39.1 Å². The second kappa shape index (κ2) is 7.86. The summed E-state index contributed by atoms with van der Waals surface area (Å²) in [4.78, 5) is 22.8. The molecule has 4 nitrogen and oxygen atoms in total. The average molecular weight is 398 g/mol. The molecule has 4 heteroatoms. The lowest BCUT2D eigenvalue weighted by Crippen LogP contribution is -2.21. The van der Waals surface area contributed by atoms with Crippen molar-refractivity contribution >= 4 is 10.9 Å². The molecule has 3 heterocycles. The Balaban J connectivity index is 1.98. The monoisotopic (exact) mass is 397 g/mol. The van der Waals surface area contributed by atoms with Crippen LogP contribution in [0.25, 0.3) is 27.8 Å². The molecule has 0 N–H and O–H groups in total. The zero-order valence-corrected chi connectivity index (χ0v) is 18.3. The fraction of sp³-hybridized carbons (Fsp3) is 0.269. The molecule has 0 aliphatic rings. The van der Waals surface area contributed by atoms with E-state index < -0.39 is 0 Å². The van der Waals surface area contributed by atoms with Crippen LogP contribution in [-0.4, -0.2) is 14.5 Å². The van der Waals surface area contributed by atoms with E-state index in [0.717, 1.165) is 46.6 Å². The van der Waals surface area contributed by atoms with Gasteiger partial charge in [-0.05, 0) is 74.1 Å². The molecule has 0 aliphatic carbocycles. The fourth-order valence-electron chi connectivity index (χ4n) is 4.36. The molecule has 0 atom stereocenters. The summed E-state index contributed by atoms with van der Waals surface area (Å²) < 4.78 is 1.70. The highest BCUT2D eigenvalue weighted by molar-refractivity contribution is 5.85. The third-order valence-corrected chi connectivity index (χ3v) is 5.86. The number of nitrogens with zero attached hydrogens (tertiary/aromatic N) is 3. The minimum absolute atomic E-state index is 0.0530. The summed E-state index contributed by atoms with van der Waals surface area (Å²) in [6.07, 6.45) is 5.49. The molecular weight excluding hydrogens is 370 g/mol. The van der Waals surface area contributed by atoms with E-state index in [2.05, 4.69) is 43.1 Å². The molecule has 0 saturated carbocycles. The van der Waals surface area contributed by atoms with Gasteiger partial charge in [0.1, 0.15) is 0 Å². The first kappa shape index (κ1) is 20.0. The number of rotatable bonds is 4. The van der Waals surface area contributed by atoms with Crippen LogP contribution in [0.1, 0.15) is 41.8 Å². The van der Waals surface area contributed by atoms with Gasteiger partial charge in [0.25, 0.3) is 5.56 Å². The largest absolute Gasteiger partial charge is 0.282 e. The zero-order valence-electron chi connectivity index (χ0n) is 18.3. The summed E-state index contributed by atoms with van der Waals surface area (Å²) in [5.74, 6) is 0. The summed E-state index contributed by atoms with van der Waals surface area (Å²) in [7, 11) is 0. The van der Waals surface area contributed by atoms with Gasteiger partial charge in [-0.2, -0.15) is 0 Å². The van der Waals surface area contributed by atoms with E-state index in [-0.39, 0.29) is 5.56 Å². The number of aryl methyl sites for hydroxylation is 5. The minimum Gasteiger partial charge on any atom is -0.282 e. The molecule has 0 amide bonds. The van der Waals surface area contributed by atoms with Crippen LogP contribution in [0.4, 0.5) is 0 Å². The normalized spacial score (nSPS) is 11.2. The van der Waals surface area contributed by atoms with Gasteiger partial charge in [-0.1, -0.05) is 32.0 Å². The van der Waals surface area contributed by atoms with Crippen LogP contribution >= 0.6 is 0 Å². The predicted octanol–water partition coefficient (Wildman–Crippen LogP) is 5.50. The number of fused-ring (bicyclic) bond motifs is 1. The lowest BCUT2D eigenvalue weighted by atomic mass is 9.93. The second-order valence-electron chi connectivity index (χ2n) is 7.80. The molecule has 1 aromatic carbocycles. The standard InChI is InChI=1S/C26H27N3O/c1-6-19-9-8-10-20(7-2)24(19)22-15-17(4)23-21(28-22)12-14-29(26(23)30)25-16(3)11-13-27-18(25)5/h8-15H,6-7H2,1-5H3. The van der Waals surface area contributed by atoms with Crippen molar-refractivity contribution in [1.82, 2.24) is 14.5 Å². The average Bonchev–Trinajstić information content (AvgIpc) is 2.74. The third kappa shape index (κ3) is 3.22. The fourth-order valence-corrected chi connectivity index (χ4v) is 4.36. The Bertz CT molecular complexity index is 1280. The summed E-state index contributed by atoms with van der Waals surface area (Å²) >= 11 is 0. The molecule has 0 spiro atoms. The van der Waals surface area contributed by atoms with E-state index in [1.165, 1.54) is 16.7 Å². The maximum Gasteiger partial charge on any atom is 0.264 e. The molecule has 0 saturated heterocycles. The lowest BCUT2D eigenvalue weighted by Gasteiger charge is -2.16. The van der Waals surface area contributed by atoms with Crippen molar-refractivity contribution in [2.24, 2.45) is 0 Å². The topological polar surface area (TPSA) is 47.8 Å². The molecule has 0 radical (unpaired) electrons. The highest BCUT2D eigenvalue weighted by atomic mass is 16.1. The first-order chi connectivity index (χ1) is 14.5. The lowest BCUT2D eigenvalue weighted by molar-refractivity contribution is 0.952. The number of aromatic nitrogens is 3. The van der Waals surface area contributed by atoms with Crippen molar-refractivity contribution < 1.29 is 0 Å². The Morgan fingerprint density at radius 2 is 1.63 bits per heavy atom. The third-order valence-electron chi connectivity index (χ3n) is 5.86. The molecule has 0 unspecified atom stereocenters. The minimum atomic E-state index is -0.0530. The number of benzene rings is 1. The van der Waals surface area contributed by atoms with Gasteiger partial charge in [0.2, 0.25) is 0 Å². The number of hydrogen-bond acceptors (Lipinski definition) is 3. The van der Waals surface area contributed by atoms with Crippen LogP contribution in [0.5, 0.6) is 0 Å². The van der Waals surface area contributed by atoms with Crippen LogP contribution < -0.4 is 5.56 Å². The van der Waals surface area contributed by atoms with Gasteiger partial charge in [0.05, 0.1) is 28.0 Å². The maximum atomic E-state index is 13.4.